The molecular formula is C21H28N4O4S. The van der Waals surface area contributed by atoms with Crippen LogP contribution in [0.15, 0.2) is 35.4 Å². The summed E-state index contributed by atoms with van der Waals surface area (Å²) in [6.07, 6.45) is 5.80. The van der Waals surface area contributed by atoms with Gasteiger partial charge in [0.05, 0.1) is 11.0 Å². The van der Waals surface area contributed by atoms with E-state index in [1.807, 2.05) is 0 Å². The Morgan fingerprint density at radius 1 is 1.13 bits per heavy atom. The van der Waals surface area contributed by atoms with E-state index in [-0.39, 0.29) is 17.0 Å². The van der Waals surface area contributed by atoms with Crippen molar-refractivity contribution in [1.82, 2.24) is 14.7 Å². The topological polar surface area (TPSA) is 113 Å². The van der Waals surface area contributed by atoms with Gasteiger partial charge in [-0.05, 0) is 76.1 Å². The molecule has 1 aromatic heterocycles. The van der Waals surface area contributed by atoms with Crippen LogP contribution in [0.2, 0.25) is 0 Å². The Bertz CT molecular complexity index is 991. The lowest BCUT2D eigenvalue weighted by molar-refractivity contribution is 0.0567. The molecule has 8 nitrogen and oxygen atoms in total. The van der Waals surface area contributed by atoms with E-state index >= 15 is 0 Å². The Morgan fingerprint density at radius 2 is 1.87 bits per heavy atom. The number of aliphatic hydroxyl groups is 1. The molecule has 1 aromatic carbocycles. The van der Waals surface area contributed by atoms with E-state index in [2.05, 4.69) is 20.0 Å². The Morgan fingerprint density at radius 3 is 2.47 bits per heavy atom. The molecule has 2 unspecified atom stereocenters. The summed E-state index contributed by atoms with van der Waals surface area (Å²) in [6, 6.07) is 6.25. The van der Waals surface area contributed by atoms with Crippen molar-refractivity contribution in [3.63, 3.8) is 0 Å². The Balaban J connectivity index is 1.51. The number of benzene rings is 1. The normalized spacial score (nSPS) is 21.7. The fourth-order valence-electron chi connectivity index (χ4n) is 3.62. The molecule has 2 aliphatic carbocycles. The Hall–Kier alpha value is -2.23. The molecule has 0 bridgehead atoms. The van der Waals surface area contributed by atoms with Crippen molar-refractivity contribution < 1.29 is 18.3 Å². The van der Waals surface area contributed by atoms with Crippen LogP contribution in [0.5, 0.6) is 5.88 Å². The third kappa shape index (κ3) is 4.91. The minimum absolute atomic E-state index is 0.178. The first-order chi connectivity index (χ1) is 14.3. The zero-order chi connectivity index (χ0) is 21.3. The molecule has 0 saturated heterocycles. The molecule has 2 atom stereocenters. The molecule has 2 fully saturated rings. The van der Waals surface area contributed by atoms with Crippen LogP contribution in [0, 0.1) is 0 Å². The van der Waals surface area contributed by atoms with Crippen LogP contribution in [-0.4, -0.2) is 41.7 Å². The molecule has 0 amide bonds. The van der Waals surface area contributed by atoms with Crippen molar-refractivity contribution in [2.24, 2.45) is 0 Å². The van der Waals surface area contributed by atoms with Crippen molar-refractivity contribution in [2.75, 3.05) is 5.32 Å². The van der Waals surface area contributed by atoms with E-state index in [4.69, 9.17) is 4.74 Å². The Labute approximate surface area is 177 Å². The zero-order valence-electron chi connectivity index (χ0n) is 17.2. The van der Waals surface area contributed by atoms with Crippen LogP contribution >= 0.6 is 0 Å². The fourth-order valence-corrected chi connectivity index (χ4v) is 4.87. The third-order valence-electron chi connectivity index (χ3n) is 5.29. The highest BCUT2D eigenvalue weighted by molar-refractivity contribution is 7.89. The highest BCUT2D eigenvalue weighted by Crippen LogP contribution is 2.44. The molecule has 1 heterocycles. The van der Waals surface area contributed by atoms with E-state index in [0.29, 0.717) is 23.4 Å². The average molecular weight is 433 g/mol. The van der Waals surface area contributed by atoms with E-state index in [1.165, 1.54) is 12.1 Å². The van der Waals surface area contributed by atoms with E-state index in [0.717, 1.165) is 37.7 Å². The summed E-state index contributed by atoms with van der Waals surface area (Å²) in [5.74, 6) is 1.32. The molecule has 0 radical (unpaired) electrons. The summed E-state index contributed by atoms with van der Waals surface area (Å²) >= 11 is 0. The van der Waals surface area contributed by atoms with Crippen LogP contribution in [0.4, 0.5) is 11.6 Å². The number of hydrogen-bond acceptors (Lipinski definition) is 7. The second-order valence-electron chi connectivity index (χ2n) is 8.31. The van der Waals surface area contributed by atoms with Crippen LogP contribution in [0.1, 0.15) is 57.4 Å². The summed E-state index contributed by atoms with van der Waals surface area (Å²) in [7, 11) is -3.54. The van der Waals surface area contributed by atoms with Gasteiger partial charge in [-0.15, -0.1) is 0 Å². The van der Waals surface area contributed by atoms with E-state index in [1.54, 1.807) is 32.2 Å². The maximum absolute atomic E-state index is 12.3. The number of aromatic nitrogens is 2. The number of ether oxygens (including phenoxy) is 1. The minimum atomic E-state index is -3.54. The number of nitrogens with one attached hydrogen (secondary N) is 2. The monoisotopic (exact) mass is 432 g/mol. The van der Waals surface area contributed by atoms with Crippen molar-refractivity contribution in [3.05, 3.63) is 36.0 Å². The zero-order valence-corrected chi connectivity index (χ0v) is 18.0. The van der Waals surface area contributed by atoms with Gasteiger partial charge in [-0.1, -0.05) is 0 Å². The van der Waals surface area contributed by atoms with Crippen LogP contribution in [0.3, 0.4) is 0 Å². The van der Waals surface area contributed by atoms with Crippen molar-refractivity contribution in [1.29, 1.82) is 0 Å². The summed E-state index contributed by atoms with van der Waals surface area (Å²) in [6.45, 7) is 3.56. The van der Waals surface area contributed by atoms with Gasteiger partial charge in [0.2, 0.25) is 21.9 Å². The van der Waals surface area contributed by atoms with Crippen molar-refractivity contribution in [2.45, 2.75) is 75.0 Å². The summed E-state index contributed by atoms with van der Waals surface area (Å²) in [5.41, 5.74) is 1.66. The molecule has 30 heavy (non-hydrogen) atoms. The van der Waals surface area contributed by atoms with Gasteiger partial charge in [0, 0.05) is 23.5 Å². The first kappa shape index (κ1) is 21.0. The number of aliphatic hydroxyl groups excluding tert-OH is 1. The fraction of sp³-hybridized carbons (Fsp3) is 0.524. The predicted octanol–water partition coefficient (Wildman–Crippen LogP) is 3.08. The standard InChI is InChI=1S/C21H28N4O4S/c1-13(2)25-30(27,28)16-10-8-15(9-11-16)23-21-22-12-17(14-6-7-14)20(24-21)29-19-5-3-4-18(19)26/h8-14,18-19,25-26H,3-7H2,1-2H3,(H,22,23,24). The number of anilines is 2. The molecule has 3 N–H and O–H groups in total. The lowest BCUT2D eigenvalue weighted by Crippen LogP contribution is -2.30. The van der Waals surface area contributed by atoms with Crippen molar-refractivity contribution >= 4 is 21.7 Å². The molecule has 2 aromatic rings. The van der Waals surface area contributed by atoms with E-state index in [9.17, 15) is 13.5 Å². The molecule has 162 valence electrons. The SMILES string of the molecule is CC(C)NS(=O)(=O)c1ccc(Nc2ncc(C3CC3)c(OC3CCCC3O)n2)cc1. The lowest BCUT2D eigenvalue weighted by atomic mass is 10.2. The number of rotatable bonds is 8. The first-order valence-electron chi connectivity index (χ1n) is 10.4. The molecule has 2 aliphatic rings. The highest BCUT2D eigenvalue weighted by Gasteiger charge is 2.32. The molecule has 2 saturated carbocycles. The van der Waals surface area contributed by atoms with Gasteiger partial charge >= 0.3 is 0 Å². The smallest absolute Gasteiger partial charge is 0.240 e. The van der Waals surface area contributed by atoms with Crippen LogP contribution in [0.25, 0.3) is 0 Å². The number of sulfonamides is 1. The summed E-state index contributed by atoms with van der Waals surface area (Å²) < 4.78 is 33.2. The van der Waals surface area contributed by atoms with Gasteiger partial charge < -0.3 is 15.2 Å². The average Bonchev–Trinajstić information content (AvgIpc) is 3.45. The van der Waals surface area contributed by atoms with E-state index < -0.39 is 16.1 Å². The van der Waals surface area contributed by atoms with Gasteiger partial charge in [-0.25, -0.2) is 18.1 Å². The van der Waals surface area contributed by atoms with Gasteiger partial charge in [0.15, 0.2) is 0 Å². The minimum Gasteiger partial charge on any atom is -0.471 e. The molecular weight excluding hydrogens is 404 g/mol. The van der Waals surface area contributed by atoms with Crippen LogP contribution < -0.4 is 14.8 Å². The quantitative estimate of drug-likeness (QED) is 0.587. The van der Waals surface area contributed by atoms with Gasteiger partial charge in [0.1, 0.15) is 6.10 Å². The van der Waals surface area contributed by atoms with Crippen LogP contribution in [-0.2, 0) is 10.0 Å². The Kier molecular flexibility index (Phi) is 5.95. The second-order valence-corrected chi connectivity index (χ2v) is 10.0. The maximum Gasteiger partial charge on any atom is 0.240 e. The molecule has 0 aliphatic heterocycles. The summed E-state index contributed by atoms with van der Waals surface area (Å²) in [4.78, 5) is 9.16. The lowest BCUT2D eigenvalue weighted by Gasteiger charge is -2.19. The largest absolute Gasteiger partial charge is 0.471 e. The molecule has 9 heteroatoms. The van der Waals surface area contributed by atoms with Crippen molar-refractivity contribution in [3.8, 4) is 5.88 Å². The molecule has 4 rings (SSSR count). The molecule has 0 spiro atoms. The highest BCUT2D eigenvalue weighted by atomic mass is 32.2. The first-order valence-corrected chi connectivity index (χ1v) is 11.9. The number of nitrogens with zero attached hydrogens (tertiary/aromatic N) is 2. The summed E-state index contributed by atoms with van der Waals surface area (Å²) in [5, 5.41) is 13.2. The van der Waals surface area contributed by atoms with Gasteiger partial charge in [-0.3, -0.25) is 0 Å². The number of hydrogen-bond donors (Lipinski definition) is 3. The second kappa shape index (κ2) is 8.49. The van der Waals surface area contributed by atoms with Gasteiger partial charge in [0.25, 0.3) is 0 Å². The third-order valence-corrected chi connectivity index (χ3v) is 6.96. The predicted molar refractivity (Wildman–Crippen MR) is 113 cm³/mol. The van der Waals surface area contributed by atoms with Gasteiger partial charge in [-0.2, -0.15) is 4.98 Å². The maximum atomic E-state index is 12.3.